The van der Waals surface area contributed by atoms with E-state index in [0.29, 0.717) is 19.6 Å². The van der Waals surface area contributed by atoms with Crippen LogP contribution in [0.5, 0.6) is 0 Å². The number of nitrogens with zero attached hydrogens (tertiary/aromatic N) is 2. The Hall–Kier alpha value is -2.14. The Morgan fingerprint density at radius 1 is 1.38 bits per heavy atom. The molecule has 1 aliphatic rings. The molecule has 2 amide bonds. The van der Waals surface area contributed by atoms with E-state index in [4.69, 9.17) is 5.11 Å². The standard InChI is InChI=1S/C16H19N3O2/c20-11-12-6-8-19(10-12)16(21)18-9-14-4-1-3-13-5-2-7-17-15(13)14/h1-5,7,12,20H,6,8-11H2,(H,18,21). The molecule has 21 heavy (non-hydrogen) atoms. The van der Waals surface area contributed by atoms with Crippen molar-refractivity contribution in [2.45, 2.75) is 13.0 Å². The quantitative estimate of drug-likeness (QED) is 0.903. The number of carbonyl (C=O) groups is 1. The zero-order valence-corrected chi connectivity index (χ0v) is 11.8. The molecule has 0 spiro atoms. The van der Waals surface area contributed by atoms with Gasteiger partial charge >= 0.3 is 6.03 Å². The Labute approximate surface area is 123 Å². The van der Waals surface area contributed by atoms with Gasteiger partial charge in [-0.25, -0.2) is 4.79 Å². The van der Waals surface area contributed by atoms with E-state index in [1.165, 1.54) is 0 Å². The van der Waals surface area contributed by atoms with Crippen molar-refractivity contribution in [1.82, 2.24) is 15.2 Å². The van der Waals surface area contributed by atoms with Crippen LogP contribution in [0.3, 0.4) is 0 Å². The monoisotopic (exact) mass is 285 g/mol. The first-order valence-electron chi connectivity index (χ1n) is 7.24. The first kappa shape index (κ1) is 13.8. The van der Waals surface area contributed by atoms with E-state index in [1.54, 1.807) is 11.1 Å². The van der Waals surface area contributed by atoms with Gasteiger partial charge in [-0.2, -0.15) is 0 Å². The van der Waals surface area contributed by atoms with Gasteiger partial charge in [-0.15, -0.1) is 0 Å². The molecule has 2 N–H and O–H groups in total. The Bertz CT molecular complexity index is 639. The Kier molecular flexibility index (Phi) is 4.01. The zero-order valence-electron chi connectivity index (χ0n) is 11.8. The molecule has 0 radical (unpaired) electrons. The zero-order chi connectivity index (χ0) is 14.7. The number of hydrogen-bond acceptors (Lipinski definition) is 3. The number of pyridine rings is 1. The van der Waals surface area contributed by atoms with Gasteiger partial charge in [0.2, 0.25) is 0 Å². The minimum atomic E-state index is -0.0705. The lowest BCUT2D eigenvalue weighted by atomic mass is 10.1. The lowest BCUT2D eigenvalue weighted by Crippen LogP contribution is -2.38. The number of aliphatic hydroxyl groups is 1. The largest absolute Gasteiger partial charge is 0.396 e. The summed E-state index contributed by atoms with van der Waals surface area (Å²) >= 11 is 0. The molecule has 0 bridgehead atoms. The smallest absolute Gasteiger partial charge is 0.317 e. The van der Waals surface area contributed by atoms with Crippen LogP contribution in [-0.4, -0.2) is 40.7 Å². The third kappa shape index (κ3) is 2.97. The summed E-state index contributed by atoms with van der Waals surface area (Å²) in [6, 6.07) is 9.82. The number of rotatable bonds is 3. The molecule has 0 saturated carbocycles. The summed E-state index contributed by atoms with van der Waals surface area (Å²) in [7, 11) is 0. The number of hydrogen-bond donors (Lipinski definition) is 2. The second-order valence-electron chi connectivity index (χ2n) is 5.43. The van der Waals surface area contributed by atoms with Crippen LogP contribution in [0, 0.1) is 5.92 Å². The summed E-state index contributed by atoms with van der Waals surface area (Å²) < 4.78 is 0. The van der Waals surface area contributed by atoms with Gasteiger partial charge in [0.05, 0.1) is 5.52 Å². The summed E-state index contributed by atoms with van der Waals surface area (Å²) in [6.45, 7) is 1.96. The first-order chi connectivity index (χ1) is 10.3. The SMILES string of the molecule is O=C(NCc1cccc2cccnc12)N1CCC(CO)C1. The number of para-hydroxylation sites is 1. The van der Waals surface area contributed by atoms with Crippen LogP contribution in [0.1, 0.15) is 12.0 Å². The molecule has 1 saturated heterocycles. The van der Waals surface area contributed by atoms with Crippen molar-refractivity contribution in [2.24, 2.45) is 5.92 Å². The van der Waals surface area contributed by atoms with Gasteiger partial charge in [-0.3, -0.25) is 4.98 Å². The Balaban J connectivity index is 1.65. The highest BCUT2D eigenvalue weighted by Gasteiger charge is 2.25. The van der Waals surface area contributed by atoms with Crippen LogP contribution in [0.25, 0.3) is 10.9 Å². The van der Waals surface area contributed by atoms with E-state index in [2.05, 4.69) is 10.3 Å². The molecule has 110 valence electrons. The van der Waals surface area contributed by atoms with Crippen LogP contribution in [0.15, 0.2) is 36.5 Å². The highest BCUT2D eigenvalue weighted by atomic mass is 16.3. The third-order valence-electron chi connectivity index (χ3n) is 3.98. The van der Waals surface area contributed by atoms with Crippen molar-refractivity contribution in [3.05, 3.63) is 42.1 Å². The third-order valence-corrected chi connectivity index (χ3v) is 3.98. The number of urea groups is 1. The molecular weight excluding hydrogens is 266 g/mol. The summed E-state index contributed by atoms with van der Waals surface area (Å²) in [4.78, 5) is 18.3. The lowest BCUT2D eigenvalue weighted by Gasteiger charge is -2.17. The normalized spacial score (nSPS) is 18.1. The molecular formula is C16H19N3O2. The topological polar surface area (TPSA) is 65.5 Å². The average molecular weight is 285 g/mol. The highest BCUT2D eigenvalue weighted by molar-refractivity contribution is 5.82. The Morgan fingerprint density at radius 2 is 2.24 bits per heavy atom. The molecule has 1 aromatic carbocycles. The fourth-order valence-electron chi connectivity index (χ4n) is 2.76. The van der Waals surface area contributed by atoms with Crippen molar-refractivity contribution in [3.8, 4) is 0 Å². The molecule has 5 heteroatoms. The second kappa shape index (κ2) is 6.10. The van der Waals surface area contributed by atoms with Gasteiger partial charge in [0.25, 0.3) is 0 Å². The first-order valence-corrected chi connectivity index (χ1v) is 7.24. The summed E-state index contributed by atoms with van der Waals surface area (Å²) in [5, 5.41) is 13.1. The van der Waals surface area contributed by atoms with Crippen molar-refractivity contribution >= 4 is 16.9 Å². The average Bonchev–Trinajstić information content (AvgIpc) is 3.01. The van der Waals surface area contributed by atoms with Crippen molar-refractivity contribution in [3.63, 3.8) is 0 Å². The number of fused-ring (bicyclic) bond motifs is 1. The fraction of sp³-hybridized carbons (Fsp3) is 0.375. The molecule has 2 heterocycles. The maximum Gasteiger partial charge on any atom is 0.317 e. The number of benzene rings is 1. The van der Waals surface area contributed by atoms with E-state index in [0.717, 1.165) is 22.9 Å². The van der Waals surface area contributed by atoms with E-state index >= 15 is 0 Å². The molecule has 1 fully saturated rings. The van der Waals surface area contributed by atoms with E-state index < -0.39 is 0 Å². The van der Waals surface area contributed by atoms with E-state index in [1.807, 2.05) is 30.3 Å². The summed E-state index contributed by atoms with van der Waals surface area (Å²) in [5.41, 5.74) is 1.94. The molecule has 3 rings (SSSR count). The molecule has 0 aliphatic carbocycles. The molecule has 1 aromatic heterocycles. The Morgan fingerprint density at radius 3 is 3.05 bits per heavy atom. The number of amides is 2. The van der Waals surface area contributed by atoms with Crippen LogP contribution in [0.4, 0.5) is 4.79 Å². The summed E-state index contributed by atoms with van der Waals surface area (Å²) in [6.07, 6.45) is 2.64. The van der Waals surface area contributed by atoms with Crippen LogP contribution in [-0.2, 0) is 6.54 Å². The van der Waals surface area contributed by atoms with Crippen LogP contribution >= 0.6 is 0 Å². The number of aromatic nitrogens is 1. The van der Waals surface area contributed by atoms with Crippen molar-refractivity contribution in [1.29, 1.82) is 0 Å². The lowest BCUT2D eigenvalue weighted by molar-refractivity contribution is 0.198. The number of likely N-dealkylation sites (tertiary alicyclic amines) is 1. The maximum absolute atomic E-state index is 12.1. The van der Waals surface area contributed by atoms with Gasteiger partial charge in [-0.05, 0) is 18.1 Å². The second-order valence-corrected chi connectivity index (χ2v) is 5.43. The number of carbonyl (C=O) groups excluding carboxylic acids is 1. The number of aliphatic hydroxyl groups excluding tert-OH is 1. The van der Waals surface area contributed by atoms with Gasteiger partial charge < -0.3 is 15.3 Å². The summed E-state index contributed by atoms with van der Waals surface area (Å²) in [5.74, 6) is 0.218. The van der Waals surface area contributed by atoms with Gasteiger partial charge in [0, 0.05) is 43.7 Å². The molecule has 1 atom stereocenters. The molecule has 1 aliphatic heterocycles. The molecule has 2 aromatic rings. The van der Waals surface area contributed by atoms with E-state index in [-0.39, 0.29) is 18.6 Å². The predicted molar refractivity (Wildman–Crippen MR) is 80.7 cm³/mol. The number of nitrogens with one attached hydrogen (secondary N) is 1. The highest BCUT2D eigenvalue weighted by Crippen LogP contribution is 2.17. The fourth-order valence-corrected chi connectivity index (χ4v) is 2.76. The van der Waals surface area contributed by atoms with Crippen LogP contribution < -0.4 is 5.32 Å². The minimum absolute atomic E-state index is 0.0705. The van der Waals surface area contributed by atoms with Gasteiger partial charge in [0.15, 0.2) is 0 Å². The molecule has 1 unspecified atom stereocenters. The van der Waals surface area contributed by atoms with Gasteiger partial charge in [-0.1, -0.05) is 24.3 Å². The predicted octanol–water partition coefficient (Wildman–Crippen LogP) is 1.76. The minimum Gasteiger partial charge on any atom is -0.396 e. The van der Waals surface area contributed by atoms with Crippen molar-refractivity contribution in [2.75, 3.05) is 19.7 Å². The van der Waals surface area contributed by atoms with E-state index in [9.17, 15) is 4.79 Å². The van der Waals surface area contributed by atoms with Crippen molar-refractivity contribution < 1.29 is 9.90 Å². The van der Waals surface area contributed by atoms with Gasteiger partial charge in [0.1, 0.15) is 0 Å². The maximum atomic E-state index is 12.1. The van der Waals surface area contributed by atoms with Crippen LogP contribution in [0.2, 0.25) is 0 Å². The molecule has 5 nitrogen and oxygen atoms in total.